The number of thiocarbonyl (C=S) groups is 1. The van der Waals surface area contributed by atoms with Gasteiger partial charge in [0.1, 0.15) is 4.32 Å². The molecule has 1 saturated carbocycles. The molecule has 0 aromatic carbocycles. The molecular weight excluding hydrogens is 278 g/mol. The van der Waals surface area contributed by atoms with Crippen LogP contribution < -0.4 is 0 Å². The zero-order valence-electron chi connectivity index (χ0n) is 11.8. The summed E-state index contributed by atoms with van der Waals surface area (Å²) in [6, 6.07) is 0.403. The van der Waals surface area contributed by atoms with Crippen LogP contribution in [0.5, 0.6) is 0 Å². The lowest BCUT2D eigenvalue weighted by molar-refractivity contribution is 0.00141. The van der Waals surface area contributed by atoms with E-state index in [1.54, 1.807) is 16.7 Å². The highest BCUT2D eigenvalue weighted by molar-refractivity contribution is 8.23. The Morgan fingerprint density at radius 2 is 1.95 bits per heavy atom. The molecular formula is C13H23N3OS2. The number of carbonyl (C=O) groups excluding carboxylic acids is 1. The van der Waals surface area contributed by atoms with Gasteiger partial charge < -0.3 is 0 Å². The molecule has 0 aromatic rings. The number of amides is 2. The van der Waals surface area contributed by atoms with Crippen LogP contribution in [-0.4, -0.2) is 57.7 Å². The Bertz CT molecular complexity index is 343. The van der Waals surface area contributed by atoms with Crippen LogP contribution in [0.4, 0.5) is 4.79 Å². The van der Waals surface area contributed by atoms with Crippen molar-refractivity contribution in [1.82, 2.24) is 14.9 Å². The Labute approximate surface area is 125 Å². The lowest BCUT2D eigenvalue weighted by Crippen LogP contribution is -2.56. The summed E-state index contributed by atoms with van der Waals surface area (Å²) in [5.41, 5.74) is 0. The highest BCUT2D eigenvalue weighted by Crippen LogP contribution is 2.26. The number of hydrogen-bond acceptors (Lipinski definition) is 4. The summed E-state index contributed by atoms with van der Waals surface area (Å²) >= 11 is 6.96. The number of carbonyl (C=O) groups is 1. The Morgan fingerprint density at radius 3 is 2.53 bits per heavy atom. The van der Waals surface area contributed by atoms with E-state index in [2.05, 4.69) is 0 Å². The van der Waals surface area contributed by atoms with Crippen molar-refractivity contribution in [2.45, 2.75) is 44.6 Å². The third kappa shape index (κ3) is 3.61. The van der Waals surface area contributed by atoms with Gasteiger partial charge >= 0.3 is 6.03 Å². The highest BCUT2D eigenvalue weighted by atomic mass is 32.2. The number of rotatable bonds is 2. The molecule has 0 radical (unpaired) electrons. The Balaban J connectivity index is 2.08. The summed E-state index contributed by atoms with van der Waals surface area (Å²) in [5.74, 6) is 1.04. The van der Waals surface area contributed by atoms with Gasteiger partial charge in [0.15, 0.2) is 0 Å². The van der Waals surface area contributed by atoms with Gasteiger partial charge in [0, 0.05) is 26.4 Å². The molecule has 4 nitrogen and oxygen atoms in total. The molecule has 0 spiro atoms. The van der Waals surface area contributed by atoms with Gasteiger partial charge in [-0.25, -0.2) is 9.80 Å². The third-order valence-electron chi connectivity index (χ3n) is 3.75. The monoisotopic (exact) mass is 301 g/mol. The molecule has 2 aliphatic rings. The van der Waals surface area contributed by atoms with Crippen molar-refractivity contribution >= 4 is 34.3 Å². The Kier molecular flexibility index (Phi) is 5.47. The molecule has 0 N–H and O–H groups in total. The van der Waals surface area contributed by atoms with E-state index in [0.717, 1.165) is 35.9 Å². The van der Waals surface area contributed by atoms with Crippen molar-refractivity contribution < 1.29 is 4.79 Å². The normalized spacial score (nSPS) is 21.8. The van der Waals surface area contributed by atoms with E-state index in [-0.39, 0.29) is 6.03 Å². The zero-order valence-corrected chi connectivity index (χ0v) is 13.4. The van der Waals surface area contributed by atoms with E-state index in [0.29, 0.717) is 6.04 Å². The summed E-state index contributed by atoms with van der Waals surface area (Å²) in [4.78, 5) is 14.5. The van der Waals surface area contributed by atoms with Gasteiger partial charge in [0.05, 0.1) is 6.04 Å². The second-order valence-electron chi connectivity index (χ2n) is 5.39. The molecule has 2 amide bonds. The van der Waals surface area contributed by atoms with Crippen molar-refractivity contribution in [3.05, 3.63) is 0 Å². The van der Waals surface area contributed by atoms with Gasteiger partial charge in [-0.15, -0.1) is 0 Å². The molecule has 6 heteroatoms. The van der Waals surface area contributed by atoms with Crippen molar-refractivity contribution in [3.8, 4) is 0 Å². The summed E-state index contributed by atoms with van der Waals surface area (Å²) in [5, 5.41) is 3.84. The van der Waals surface area contributed by atoms with Crippen molar-refractivity contribution in [2.75, 3.05) is 26.4 Å². The number of nitrogens with zero attached hydrogens (tertiary/aromatic N) is 3. The number of hydrogen-bond donors (Lipinski definition) is 0. The molecule has 1 aliphatic heterocycles. The standard InChI is InChI=1S/C13H23N3OS2/c1-14(2)16(11-7-4-3-5-8-11)12(17)15-9-6-10-19-13(15)18/h11H,3-10H2,1-2H3. The minimum Gasteiger partial charge on any atom is -0.278 e. The first-order chi connectivity index (χ1) is 9.11. The highest BCUT2D eigenvalue weighted by Gasteiger charge is 2.33. The maximum absolute atomic E-state index is 12.8. The predicted molar refractivity (Wildman–Crippen MR) is 84.2 cm³/mol. The average Bonchev–Trinajstić information content (AvgIpc) is 2.40. The van der Waals surface area contributed by atoms with Crippen molar-refractivity contribution in [2.24, 2.45) is 0 Å². The summed E-state index contributed by atoms with van der Waals surface area (Å²) in [6.07, 6.45) is 6.99. The first-order valence-electron chi connectivity index (χ1n) is 7.06. The molecule has 2 rings (SSSR count). The first-order valence-corrected chi connectivity index (χ1v) is 8.45. The third-order valence-corrected chi connectivity index (χ3v) is 5.28. The molecule has 1 aliphatic carbocycles. The topological polar surface area (TPSA) is 26.8 Å². The largest absolute Gasteiger partial charge is 0.340 e. The van der Waals surface area contributed by atoms with Gasteiger partial charge in [0.2, 0.25) is 0 Å². The van der Waals surface area contributed by atoms with Crippen molar-refractivity contribution in [1.29, 1.82) is 0 Å². The van der Waals surface area contributed by atoms with Crippen LogP contribution in [-0.2, 0) is 0 Å². The maximum atomic E-state index is 12.8. The molecule has 1 saturated heterocycles. The van der Waals surface area contributed by atoms with E-state index in [1.807, 2.05) is 24.1 Å². The number of thioether (sulfide) groups is 1. The molecule has 1 heterocycles. The molecule has 108 valence electrons. The van der Waals surface area contributed by atoms with E-state index >= 15 is 0 Å². The number of urea groups is 1. The summed E-state index contributed by atoms with van der Waals surface area (Å²) < 4.78 is 0.735. The summed E-state index contributed by atoms with van der Waals surface area (Å²) in [7, 11) is 3.90. The quantitative estimate of drug-likeness (QED) is 0.579. The van der Waals surface area contributed by atoms with Crippen LogP contribution in [0.2, 0.25) is 0 Å². The van der Waals surface area contributed by atoms with E-state index in [9.17, 15) is 4.79 Å². The smallest absolute Gasteiger partial charge is 0.278 e. The van der Waals surface area contributed by atoms with Crippen LogP contribution in [0.1, 0.15) is 38.5 Å². The van der Waals surface area contributed by atoms with E-state index in [4.69, 9.17) is 12.2 Å². The van der Waals surface area contributed by atoms with Crippen LogP contribution in [0.15, 0.2) is 0 Å². The Morgan fingerprint density at radius 1 is 1.26 bits per heavy atom. The minimum absolute atomic E-state index is 0.0640. The SMILES string of the molecule is CN(C)N(C(=O)N1CCCSC1=S)C1CCCCC1. The van der Waals surface area contributed by atoms with E-state index in [1.165, 1.54) is 19.3 Å². The van der Waals surface area contributed by atoms with Gasteiger partial charge in [-0.05, 0) is 19.3 Å². The van der Waals surface area contributed by atoms with Crippen LogP contribution in [0.3, 0.4) is 0 Å². The fourth-order valence-corrected chi connectivity index (χ4v) is 4.02. The first kappa shape index (κ1) is 15.1. The molecule has 19 heavy (non-hydrogen) atoms. The lowest BCUT2D eigenvalue weighted by Gasteiger charge is -2.41. The van der Waals surface area contributed by atoms with Crippen LogP contribution >= 0.6 is 24.0 Å². The fourth-order valence-electron chi connectivity index (χ4n) is 2.83. The fraction of sp³-hybridized carbons (Fsp3) is 0.846. The van der Waals surface area contributed by atoms with Gasteiger partial charge in [-0.2, -0.15) is 0 Å². The Hall–Kier alpha value is -0.330. The molecule has 0 unspecified atom stereocenters. The molecule has 0 aromatic heterocycles. The lowest BCUT2D eigenvalue weighted by atomic mass is 9.95. The van der Waals surface area contributed by atoms with Gasteiger partial charge in [-0.3, -0.25) is 9.91 Å². The summed E-state index contributed by atoms with van der Waals surface area (Å²) in [6.45, 7) is 0.766. The van der Waals surface area contributed by atoms with Gasteiger partial charge in [-0.1, -0.05) is 43.2 Å². The average molecular weight is 301 g/mol. The molecule has 2 fully saturated rings. The second kappa shape index (κ2) is 6.90. The van der Waals surface area contributed by atoms with Gasteiger partial charge in [0.25, 0.3) is 0 Å². The maximum Gasteiger partial charge on any atom is 0.340 e. The second-order valence-corrected chi connectivity index (χ2v) is 7.11. The minimum atomic E-state index is 0.0640. The van der Waals surface area contributed by atoms with Crippen LogP contribution in [0.25, 0.3) is 0 Å². The predicted octanol–water partition coefficient (Wildman–Crippen LogP) is 2.94. The molecule has 0 atom stereocenters. The zero-order chi connectivity index (χ0) is 13.8. The van der Waals surface area contributed by atoms with Crippen LogP contribution in [0, 0.1) is 0 Å². The van der Waals surface area contributed by atoms with Crippen molar-refractivity contribution in [3.63, 3.8) is 0 Å². The molecule has 0 bridgehead atoms. The number of hydrazine groups is 1. The van der Waals surface area contributed by atoms with E-state index < -0.39 is 0 Å².